The molecule has 2 aliphatic heterocycles. The molecule has 172 valence electrons. The first-order valence-electron chi connectivity index (χ1n) is 11.4. The highest BCUT2D eigenvalue weighted by atomic mass is 16.5. The van der Waals surface area contributed by atoms with Crippen molar-refractivity contribution in [2.45, 2.75) is 39.0 Å². The zero-order valence-electron chi connectivity index (χ0n) is 19.5. The smallest absolute Gasteiger partial charge is 0.232 e. The zero-order chi connectivity index (χ0) is 24.0. The van der Waals surface area contributed by atoms with Crippen LogP contribution in [0.15, 0.2) is 53.2 Å². The monoisotopic (exact) mass is 454 g/mol. The van der Waals surface area contributed by atoms with Gasteiger partial charge in [0, 0.05) is 48.3 Å². The molecule has 1 saturated heterocycles. The summed E-state index contributed by atoms with van der Waals surface area (Å²) in [6.07, 6.45) is 2.64. The molecular formula is C27H26N4O3. The van der Waals surface area contributed by atoms with Crippen LogP contribution in [0.1, 0.15) is 48.3 Å². The summed E-state index contributed by atoms with van der Waals surface area (Å²) < 4.78 is 5.19. The normalized spacial score (nSPS) is 18.8. The second-order valence-corrected chi connectivity index (χ2v) is 9.81. The first kappa shape index (κ1) is 21.9. The van der Waals surface area contributed by atoms with Gasteiger partial charge in [-0.15, -0.1) is 0 Å². The molecule has 0 spiro atoms. The van der Waals surface area contributed by atoms with Crippen molar-refractivity contribution in [1.82, 2.24) is 5.16 Å². The fraction of sp³-hybridized carbons (Fsp3) is 0.333. The maximum absolute atomic E-state index is 13.6. The van der Waals surface area contributed by atoms with Crippen molar-refractivity contribution in [1.29, 1.82) is 5.26 Å². The molecular weight excluding hydrogens is 428 g/mol. The fourth-order valence-electron chi connectivity index (χ4n) is 5.03. The molecule has 0 radical (unpaired) electrons. The zero-order valence-corrected chi connectivity index (χ0v) is 19.5. The van der Waals surface area contributed by atoms with Gasteiger partial charge in [0.2, 0.25) is 11.8 Å². The summed E-state index contributed by atoms with van der Waals surface area (Å²) in [6, 6.07) is 15.3. The fourth-order valence-corrected chi connectivity index (χ4v) is 5.03. The Bertz CT molecular complexity index is 1330. The first-order valence-corrected chi connectivity index (χ1v) is 11.4. The van der Waals surface area contributed by atoms with E-state index in [9.17, 15) is 14.9 Å². The van der Waals surface area contributed by atoms with Crippen molar-refractivity contribution in [3.05, 3.63) is 76.7 Å². The second kappa shape index (κ2) is 8.14. The van der Waals surface area contributed by atoms with Crippen LogP contribution in [0.5, 0.6) is 0 Å². The van der Waals surface area contributed by atoms with Crippen LogP contribution in [0.2, 0.25) is 0 Å². The highest BCUT2D eigenvalue weighted by molar-refractivity contribution is 6.05. The Balaban J connectivity index is 1.38. The highest BCUT2D eigenvalue weighted by Crippen LogP contribution is 2.42. The summed E-state index contributed by atoms with van der Waals surface area (Å²) in [4.78, 5) is 29.8. The van der Waals surface area contributed by atoms with Gasteiger partial charge in [-0.1, -0.05) is 37.2 Å². The number of anilines is 2. The molecule has 0 bridgehead atoms. The largest absolute Gasteiger partial charge is 0.361 e. The second-order valence-electron chi connectivity index (χ2n) is 9.81. The van der Waals surface area contributed by atoms with Gasteiger partial charge in [0.25, 0.3) is 0 Å². The topological polar surface area (TPSA) is 90.4 Å². The number of nitriles is 1. The molecule has 0 aliphatic carbocycles. The summed E-state index contributed by atoms with van der Waals surface area (Å²) in [7, 11) is 0. The molecule has 1 atom stereocenters. The van der Waals surface area contributed by atoms with Crippen LogP contribution in [0, 0.1) is 24.2 Å². The SMILES string of the molecule is Cc1oncc1Cc1ccc2c(c1)C(C)(C)CN2C(=O)C1CC(=O)N(c2cccc(C#N)c2)C1. The predicted molar refractivity (Wildman–Crippen MR) is 127 cm³/mol. The van der Waals surface area contributed by atoms with Crippen LogP contribution < -0.4 is 9.80 Å². The Morgan fingerprint density at radius 2 is 2.09 bits per heavy atom. The molecule has 2 aromatic carbocycles. The van der Waals surface area contributed by atoms with E-state index in [4.69, 9.17) is 4.52 Å². The van der Waals surface area contributed by atoms with Gasteiger partial charge in [0.05, 0.1) is 23.7 Å². The molecule has 1 fully saturated rings. The Hall–Kier alpha value is -3.92. The summed E-state index contributed by atoms with van der Waals surface area (Å²) in [5.41, 5.74) is 5.20. The molecule has 3 aromatic rings. The molecule has 7 heteroatoms. The van der Waals surface area contributed by atoms with Crippen LogP contribution in [0.3, 0.4) is 0 Å². The predicted octanol–water partition coefficient (Wildman–Crippen LogP) is 4.12. The van der Waals surface area contributed by atoms with Gasteiger partial charge >= 0.3 is 0 Å². The van der Waals surface area contributed by atoms with Gasteiger partial charge in [0.15, 0.2) is 0 Å². The van der Waals surface area contributed by atoms with E-state index in [-0.39, 0.29) is 23.7 Å². The Morgan fingerprint density at radius 1 is 1.26 bits per heavy atom. The van der Waals surface area contributed by atoms with Crippen molar-refractivity contribution in [2.75, 3.05) is 22.9 Å². The van der Waals surface area contributed by atoms with Crippen LogP contribution in [0.25, 0.3) is 0 Å². The quantitative estimate of drug-likeness (QED) is 0.591. The first-order chi connectivity index (χ1) is 16.3. The van der Waals surface area contributed by atoms with E-state index < -0.39 is 5.92 Å². The van der Waals surface area contributed by atoms with E-state index in [0.29, 0.717) is 24.3 Å². The average molecular weight is 455 g/mol. The van der Waals surface area contributed by atoms with Gasteiger partial charge in [0.1, 0.15) is 5.76 Å². The van der Waals surface area contributed by atoms with Crippen molar-refractivity contribution < 1.29 is 14.1 Å². The minimum Gasteiger partial charge on any atom is -0.361 e. The van der Waals surface area contributed by atoms with Crippen molar-refractivity contribution in [3.8, 4) is 6.07 Å². The summed E-state index contributed by atoms with van der Waals surface area (Å²) in [6.45, 7) is 7.10. The standard InChI is InChI=1S/C27H26N4O3/c1-17-20(14-29-34-17)9-18-7-8-24-23(11-18)27(2,3)16-31(24)26(33)21-12-25(32)30(15-21)22-6-4-5-19(10-22)13-28/h4-8,10-11,14,21H,9,12,15-16H2,1-3H3. The van der Waals surface area contributed by atoms with E-state index in [0.717, 1.165) is 34.6 Å². The Kier molecular flexibility index (Phi) is 5.24. The molecule has 5 rings (SSSR count). The van der Waals surface area contributed by atoms with Gasteiger partial charge in [-0.2, -0.15) is 5.26 Å². The number of hydrogen-bond acceptors (Lipinski definition) is 5. The molecule has 2 aliphatic rings. The maximum atomic E-state index is 13.6. The molecule has 3 heterocycles. The van der Waals surface area contributed by atoms with Gasteiger partial charge in [-0.25, -0.2) is 0 Å². The third-order valence-electron chi connectivity index (χ3n) is 6.91. The highest BCUT2D eigenvalue weighted by Gasteiger charge is 2.43. The molecule has 34 heavy (non-hydrogen) atoms. The Labute approximate surface area is 198 Å². The Morgan fingerprint density at radius 3 is 2.82 bits per heavy atom. The lowest BCUT2D eigenvalue weighted by Crippen LogP contribution is -2.39. The average Bonchev–Trinajstić information content (AvgIpc) is 3.49. The lowest BCUT2D eigenvalue weighted by Gasteiger charge is -2.23. The van der Waals surface area contributed by atoms with Crippen LogP contribution >= 0.6 is 0 Å². The van der Waals surface area contributed by atoms with E-state index >= 15 is 0 Å². The third-order valence-corrected chi connectivity index (χ3v) is 6.91. The van der Waals surface area contributed by atoms with Crippen LogP contribution in [0.4, 0.5) is 11.4 Å². The molecule has 1 aromatic heterocycles. The van der Waals surface area contributed by atoms with Crippen LogP contribution in [-0.4, -0.2) is 30.1 Å². The van der Waals surface area contributed by atoms with Gasteiger partial charge in [-0.3, -0.25) is 9.59 Å². The van der Waals surface area contributed by atoms with E-state index in [1.165, 1.54) is 0 Å². The minimum atomic E-state index is -0.417. The lowest BCUT2D eigenvalue weighted by molar-refractivity contribution is -0.124. The number of hydrogen-bond donors (Lipinski definition) is 0. The maximum Gasteiger partial charge on any atom is 0.232 e. The number of aromatic nitrogens is 1. The number of amides is 2. The molecule has 7 nitrogen and oxygen atoms in total. The summed E-state index contributed by atoms with van der Waals surface area (Å²) in [5, 5.41) is 13.0. The molecule has 0 saturated carbocycles. The van der Waals surface area contributed by atoms with E-state index in [1.54, 1.807) is 35.4 Å². The number of benzene rings is 2. The van der Waals surface area contributed by atoms with E-state index in [2.05, 4.69) is 31.1 Å². The molecule has 1 unspecified atom stereocenters. The summed E-state index contributed by atoms with van der Waals surface area (Å²) in [5.74, 6) is 0.278. The lowest BCUT2D eigenvalue weighted by atomic mass is 9.85. The number of rotatable bonds is 4. The van der Waals surface area contributed by atoms with Gasteiger partial charge in [-0.05, 0) is 42.3 Å². The number of fused-ring (bicyclic) bond motifs is 1. The van der Waals surface area contributed by atoms with Crippen molar-refractivity contribution in [2.24, 2.45) is 5.92 Å². The minimum absolute atomic E-state index is 0.0262. The number of nitrogens with zero attached hydrogens (tertiary/aromatic N) is 4. The molecule has 0 N–H and O–H groups in total. The molecule has 2 amide bonds. The third kappa shape index (κ3) is 3.75. The number of aryl methyl sites for hydroxylation is 1. The number of carbonyl (C=O) groups excluding carboxylic acids is 2. The van der Waals surface area contributed by atoms with Crippen molar-refractivity contribution >= 4 is 23.2 Å². The summed E-state index contributed by atoms with van der Waals surface area (Å²) >= 11 is 0. The number of carbonyl (C=O) groups is 2. The van der Waals surface area contributed by atoms with Gasteiger partial charge < -0.3 is 14.3 Å². The van der Waals surface area contributed by atoms with Crippen LogP contribution in [-0.2, 0) is 21.4 Å². The van der Waals surface area contributed by atoms with Crippen molar-refractivity contribution in [3.63, 3.8) is 0 Å². The van der Waals surface area contributed by atoms with E-state index in [1.807, 2.05) is 24.0 Å².